The highest BCUT2D eigenvalue weighted by molar-refractivity contribution is 5.88. The standard InChI is InChI=1S/C14H25NO3/c1-11(2)7-8-12(16)15-14(13(17)18-3)9-5-4-6-10-14/h11H,4-10H2,1-3H3,(H,15,16). The third-order valence-corrected chi connectivity index (χ3v) is 3.61. The second kappa shape index (κ2) is 6.76. The van der Waals surface area contributed by atoms with Crippen molar-refractivity contribution in [2.45, 2.75) is 64.3 Å². The lowest BCUT2D eigenvalue weighted by atomic mass is 9.81. The zero-order chi connectivity index (χ0) is 13.6. The summed E-state index contributed by atoms with van der Waals surface area (Å²) in [5.41, 5.74) is -0.763. The Kier molecular flexibility index (Phi) is 5.63. The van der Waals surface area contributed by atoms with Crippen LogP contribution in [0.1, 0.15) is 58.8 Å². The first-order valence-corrected chi connectivity index (χ1v) is 6.89. The van der Waals surface area contributed by atoms with Crippen LogP contribution in [0.5, 0.6) is 0 Å². The van der Waals surface area contributed by atoms with E-state index >= 15 is 0 Å². The van der Waals surface area contributed by atoms with Crippen molar-refractivity contribution in [2.24, 2.45) is 5.92 Å². The molecule has 1 N–H and O–H groups in total. The van der Waals surface area contributed by atoms with Crippen LogP contribution in [0, 0.1) is 5.92 Å². The Morgan fingerprint density at radius 2 is 1.83 bits per heavy atom. The molecule has 0 bridgehead atoms. The molecule has 1 fully saturated rings. The van der Waals surface area contributed by atoms with E-state index in [0.29, 0.717) is 25.2 Å². The molecule has 4 heteroatoms. The maximum atomic E-state index is 11.9. The minimum Gasteiger partial charge on any atom is -0.467 e. The van der Waals surface area contributed by atoms with E-state index < -0.39 is 5.54 Å². The van der Waals surface area contributed by atoms with Crippen LogP contribution in [0.4, 0.5) is 0 Å². The monoisotopic (exact) mass is 255 g/mol. The van der Waals surface area contributed by atoms with Gasteiger partial charge in [-0.2, -0.15) is 0 Å². The smallest absolute Gasteiger partial charge is 0.331 e. The van der Waals surface area contributed by atoms with Crippen molar-refractivity contribution in [2.75, 3.05) is 7.11 Å². The fourth-order valence-electron chi connectivity index (χ4n) is 2.48. The fourth-order valence-corrected chi connectivity index (χ4v) is 2.48. The summed E-state index contributed by atoms with van der Waals surface area (Å²) in [7, 11) is 1.39. The summed E-state index contributed by atoms with van der Waals surface area (Å²) in [4.78, 5) is 23.8. The quantitative estimate of drug-likeness (QED) is 0.768. The lowest BCUT2D eigenvalue weighted by Gasteiger charge is -2.35. The van der Waals surface area contributed by atoms with E-state index in [0.717, 1.165) is 25.7 Å². The van der Waals surface area contributed by atoms with E-state index in [1.165, 1.54) is 7.11 Å². The minimum absolute atomic E-state index is 0.0315. The van der Waals surface area contributed by atoms with E-state index in [4.69, 9.17) is 4.74 Å². The van der Waals surface area contributed by atoms with E-state index in [9.17, 15) is 9.59 Å². The molecule has 18 heavy (non-hydrogen) atoms. The molecule has 1 aliphatic rings. The van der Waals surface area contributed by atoms with Gasteiger partial charge in [0.25, 0.3) is 0 Å². The Morgan fingerprint density at radius 1 is 1.22 bits per heavy atom. The number of carbonyl (C=O) groups is 2. The molecule has 0 aliphatic heterocycles. The molecule has 1 amide bonds. The van der Waals surface area contributed by atoms with Crippen LogP contribution in [0.15, 0.2) is 0 Å². The van der Waals surface area contributed by atoms with Crippen LogP contribution in [0.3, 0.4) is 0 Å². The van der Waals surface area contributed by atoms with E-state index in [2.05, 4.69) is 19.2 Å². The highest BCUT2D eigenvalue weighted by Gasteiger charge is 2.41. The summed E-state index contributed by atoms with van der Waals surface area (Å²) in [6.45, 7) is 4.17. The first kappa shape index (κ1) is 15.0. The lowest BCUT2D eigenvalue weighted by molar-refractivity contribution is -0.152. The highest BCUT2D eigenvalue weighted by atomic mass is 16.5. The molecule has 0 saturated heterocycles. The summed E-state index contributed by atoms with van der Waals surface area (Å²) >= 11 is 0. The predicted octanol–water partition coefficient (Wildman–Crippen LogP) is 2.41. The molecule has 0 atom stereocenters. The first-order valence-electron chi connectivity index (χ1n) is 6.89. The third kappa shape index (κ3) is 4.00. The van der Waals surface area contributed by atoms with Gasteiger partial charge in [-0.1, -0.05) is 33.1 Å². The van der Waals surface area contributed by atoms with Crippen LogP contribution in [-0.2, 0) is 14.3 Å². The number of methoxy groups -OCH3 is 1. The Morgan fingerprint density at radius 3 is 2.33 bits per heavy atom. The fraction of sp³-hybridized carbons (Fsp3) is 0.857. The summed E-state index contributed by atoms with van der Waals surface area (Å²) in [6, 6.07) is 0. The molecule has 104 valence electrons. The number of esters is 1. The summed E-state index contributed by atoms with van der Waals surface area (Å²) in [5.74, 6) is 0.173. The van der Waals surface area contributed by atoms with Crippen molar-refractivity contribution in [1.82, 2.24) is 5.32 Å². The van der Waals surface area contributed by atoms with Crippen LogP contribution >= 0.6 is 0 Å². The number of hydrogen-bond acceptors (Lipinski definition) is 3. The van der Waals surface area contributed by atoms with E-state index in [1.54, 1.807) is 0 Å². The molecule has 4 nitrogen and oxygen atoms in total. The zero-order valence-electron chi connectivity index (χ0n) is 11.8. The van der Waals surface area contributed by atoms with Gasteiger partial charge in [0.15, 0.2) is 0 Å². The summed E-state index contributed by atoms with van der Waals surface area (Å²) in [5, 5.41) is 2.92. The molecule has 1 rings (SSSR count). The Hall–Kier alpha value is -1.06. The topological polar surface area (TPSA) is 55.4 Å². The minimum atomic E-state index is -0.763. The van der Waals surface area contributed by atoms with Crippen molar-refractivity contribution in [3.8, 4) is 0 Å². The van der Waals surface area contributed by atoms with E-state index in [1.807, 2.05) is 0 Å². The molecule has 0 unspecified atom stereocenters. The van der Waals surface area contributed by atoms with Gasteiger partial charge in [0.05, 0.1) is 7.11 Å². The van der Waals surface area contributed by atoms with Crippen molar-refractivity contribution in [3.63, 3.8) is 0 Å². The number of rotatable bonds is 5. The van der Waals surface area contributed by atoms with Gasteiger partial charge in [-0.15, -0.1) is 0 Å². The number of nitrogens with one attached hydrogen (secondary N) is 1. The molecule has 0 radical (unpaired) electrons. The average Bonchev–Trinajstić information content (AvgIpc) is 2.36. The van der Waals surface area contributed by atoms with Crippen LogP contribution in [0.25, 0.3) is 0 Å². The van der Waals surface area contributed by atoms with Gasteiger partial charge >= 0.3 is 5.97 Å². The van der Waals surface area contributed by atoms with Crippen LogP contribution in [-0.4, -0.2) is 24.5 Å². The Balaban J connectivity index is 2.61. The lowest BCUT2D eigenvalue weighted by Crippen LogP contribution is -2.56. The largest absolute Gasteiger partial charge is 0.467 e. The maximum absolute atomic E-state index is 11.9. The average molecular weight is 255 g/mol. The van der Waals surface area contributed by atoms with Crippen LogP contribution in [0.2, 0.25) is 0 Å². The number of amides is 1. The van der Waals surface area contributed by atoms with Crippen molar-refractivity contribution >= 4 is 11.9 Å². The van der Waals surface area contributed by atoms with Gasteiger partial charge in [-0.3, -0.25) is 4.79 Å². The Bertz CT molecular complexity index is 293. The van der Waals surface area contributed by atoms with Crippen molar-refractivity contribution in [3.05, 3.63) is 0 Å². The second-order valence-electron chi connectivity index (χ2n) is 5.62. The van der Waals surface area contributed by atoms with Gasteiger partial charge in [0.1, 0.15) is 5.54 Å². The molecule has 0 aromatic rings. The number of carbonyl (C=O) groups excluding carboxylic acids is 2. The van der Waals surface area contributed by atoms with Gasteiger partial charge < -0.3 is 10.1 Å². The molecule has 0 aromatic carbocycles. The van der Waals surface area contributed by atoms with Gasteiger partial charge in [0.2, 0.25) is 5.91 Å². The maximum Gasteiger partial charge on any atom is 0.331 e. The SMILES string of the molecule is COC(=O)C1(NC(=O)CCC(C)C)CCCCC1. The number of hydrogen-bond donors (Lipinski definition) is 1. The molecule has 1 saturated carbocycles. The summed E-state index contributed by atoms with van der Waals surface area (Å²) < 4.78 is 4.87. The highest BCUT2D eigenvalue weighted by Crippen LogP contribution is 2.29. The van der Waals surface area contributed by atoms with E-state index in [-0.39, 0.29) is 11.9 Å². The van der Waals surface area contributed by atoms with Crippen LogP contribution < -0.4 is 5.32 Å². The number of ether oxygens (including phenoxy) is 1. The molecule has 0 heterocycles. The molecule has 1 aliphatic carbocycles. The zero-order valence-corrected chi connectivity index (χ0v) is 11.8. The Labute approximate surface area is 109 Å². The first-order chi connectivity index (χ1) is 8.50. The molecular formula is C14H25NO3. The second-order valence-corrected chi connectivity index (χ2v) is 5.62. The van der Waals surface area contributed by atoms with Gasteiger partial charge in [0, 0.05) is 6.42 Å². The molecular weight excluding hydrogens is 230 g/mol. The predicted molar refractivity (Wildman–Crippen MR) is 70.0 cm³/mol. The normalized spacial score (nSPS) is 18.4. The van der Waals surface area contributed by atoms with Gasteiger partial charge in [-0.25, -0.2) is 4.79 Å². The molecule has 0 aromatic heterocycles. The third-order valence-electron chi connectivity index (χ3n) is 3.61. The van der Waals surface area contributed by atoms with Crippen molar-refractivity contribution in [1.29, 1.82) is 0 Å². The summed E-state index contributed by atoms with van der Waals surface area (Å²) in [6.07, 6.45) is 5.80. The van der Waals surface area contributed by atoms with Gasteiger partial charge in [-0.05, 0) is 25.2 Å². The van der Waals surface area contributed by atoms with Crippen molar-refractivity contribution < 1.29 is 14.3 Å². The molecule has 0 spiro atoms.